The van der Waals surface area contributed by atoms with E-state index in [0.717, 1.165) is 0 Å². The third-order valence-electron chi connectivity index (χ3n) is 1.38. The molecular weight excluding hydrogens is 206 g/mol. The molecule has 7 nitrogen and oxygen atoms in total. The van der Waals surface area contributed by atoms with Crippen LogP contribution in [0.2, 0.25) is 0 Å². The van der Waals surface area contributed by atoms with Gasteiger partial charge in [-0.05, 0) is 24.3 Å². The summed E-state index contributed by atoms with van der Waals surface area (Å²) in [5, 5.41) is 24.8. The second-order valence-electron chi connectivity index (χ2n) is 2.27. The summed E-state index contributed by atoms with van der Waals surface area (Å²) >= 11 is 0. The van der Waals surface area contributed by atoms with Crippen LogP contribution in [-0.2, 0) is 0 Å². The molecule has 0 aliphatic carbocycles. The van der Waals surface area contributed by atoms with Gasteiger partial charge in [-0.15, -0.1) is 4.91 Å². The Morgan fingerprint density at radius 3 is 1.27 bits per heavy atom. The molecule has 0 aromatic heterocycles. The van der Waals surface area contributed by atoms with Crippen molar-refractivity contribution in [2.45, 2.75) is 0 Å². The molecule has 0 fully saturated rings. The number of carboxylic acid groups (broad SMARTS) is 2. The molecule has 80 valence electrons. The molecule has 0 bridgehead atoms. The van der Waals surface area contributed by atoms with Gasteiger partial charge < -0.3 is 15.4 Å². The van der Waals surface area contributed by atoms with Gasteiger partial charge in [-0.3, -0.25) is 0 Å². The number of hydrogen-bond donors (Lipinski definition) is 3. The van der Waals surface area contributed by atoms with Gasteiger partial charge >= 0.3 is 11.9 Å². The predicted molar refractivity (Wildman–Crippen MR) is 47.9 cm³/mol. The van der Waals surface area contributed by atoms with Crippen LogP contribution >= 0.6 is 0 Å². The molecule has 1 aromatic rings. The zero-order chi connectivity index (χ0) is 11.8. The first-order valence-corrected chi connectivity index (χ1v) is 3.56. The van der Waals surface area contributed by atoms with Crippen LogP contribution in [0.5, 0.6) is 0 Å². The van der Waals surface area contributed by atoms with Gasteiger partial charge in [0.15, 0.2) is 5.34 Å². The van der Waals surface area contributed by atoms with Crippen LogP contribution < -0.4 is 0 Å². The molecule has 1 aromatic carbocycles. The number of aromatic carboxylic acids is 2. The maximum Gasteiger partial charge on any atom is 0.335 e. The lowest BCUT2D eigenvalue weighted by Gasteiger charge is -1.94. The number of carboxylic acids is 2. The minimum Gasteiger partial charge on any atom is -0.478 e. The first-order valence-electron chi connectivity index (χ1n) is 3.56. The standard InChI is InChI=1S/C8H6O4.HNO2/c9-7(10)5-1-2-6(4-3-5)8(11)12;2-1-3/h1-4H,(H,9,10)(H,11,12);(H,2,3). The minimum absolute atomic E-state index is 0.0833. The summed E-state index contributed by atoms with van der Waals surface area (Å²) in [7, 11) is 0. The highest BCUT2D eigenvalue weighted by Gasteiger charge is 2.04. The fourth-order valence-electron chi connectivity index (χ4n) is 0.755. The highest BCUT2D eigenvalue weighted by Crippen LogP contribution is 2.03. The van der Waals surface area contributed by atoms with E-state index in [1.807, 2.05) is 0 Å². The van der Waals surface area contributed by atoms with Crippen molar-refractivity contribution in [2.24, 2.45) is 5.34 Å². The summed E-state index contributed by atoms with van der Waals surface area (Å²) in [5.74, 6) is -2.13. The topological polar surface area (TPSA) is 124 Å². The van der Waals surface area contributed by atoms with E-state index in [2.05, 4.69) is 0 Å². The lowest BCUT2D eigenvalue weighted by molar-refractivity contribution is 0.0681. The molecule has 0 spiro atoms. The van der Waals surface area contributed by atoms with Crippen LogP contribution in [0.15, 0.2) is 29.6 Å². The van der Waals surface area contributed by atoms with Crippen molar-refractivity contribution in [2.75, 3.05) is 0 Å². The molecule has 0 aliphatic rings. The number of nitrogens with zero attached hydrogens (tertiary/aromatic N) is 1. The quantitative estimate of drug-likeness (QED) is 0.501. The van der Waals surface area contributed by atoms with Crippen LogP contribution in [0.25, 0.3) is 0 Å². The lowest BCUT2D eigenvalue weighted by atomic mass is 10.1. The SMILES string of the molecule is O=C(O)c1ccc(C(=O)O)cc1.O=NO. The lowest BCUT2D eigenvalue weighted by Crippen LogP contribution is -1.99. The molecule has 0 saturated heterocycles. The van der Waals surface area contributed by atoms with E-state index < -0.39 is 11.9 Å². The van der Waals surface area contributed by atoms with E-state index >= 15 is 0 Å². The van der Waals surface area contributed by atoms with Gasteiger partial charge in [-0.2, -0.15) is 0 Å². The molecule has 0 atom stereocenters. The Kier molecular flexibility index (Phi) is 5.09. The van der Waals surface area contributed by atoms with Gasteiger partial charge in [0, 0.05) is 0 Å². The Labute approximate surface area is 83.5 Å². The third-order valence-corrected chi connectivity index (χ3v) is 1.38. The van der Waals surface area contributed by atoms with Crippen LogP contribution in [0.4, 0.5) is 0 Å². The highest BCUT2D eigenvalue weighted by molar-refractivity contribution is 5.91. The maximum atomic E-state index is 10.3. The fourth-order valence-corrected chi connectivity index (χ4v) is 0.755. The summed E-state index contributed by atoms with van der Waals surface area (Å²) in [6.45, 7) is 0. The molecule has 0 saturated carbocycles. The molecule has 0 unspecified atom stereocenters. The van der Waals surface area contributed by atoms with Crippen molar-refractivity contribution in [1.29, 1.82) is 0 Å². The molecule has 15 heavy (non-hydrogen) atoms. The third kappa shape index (κ3) is 4.36. The summed E-state index contributed by atoms with van der Waals surface area (Å²) in [4.78, 5) is 28.8. The zero-order valence-corrected chi connectivity index (χ0v) is 7.32. The number of carbonyl (C=O) groups is 2. The van der Waals surface area contributed by atoms with E-state index in [9.17, 15) is 9.59 Å². The van der Waals surface area contributed by atoms with Crippen LogP contribution in [0.1, 0.15) is 20.7 Å². The first kappa shape index (κ1) is 12.6. The van der Waals surface area contributed by atoms with E-state index in [1.165, 1.54) is 29.6 Å². The summed E-state index contributed by atoms with van der Waals surface area (Å²) in [6, 6.07) is 5.02. The van der Waals surface area contributed by atoms with Gasteiger partial charge in [-0.25, -0.2) is 9.59 Å². The summed E-state index contributed by atoms with van der Waals surface area (Å²) in [6.07, 6.45) is 0. The molecule has 0 amide bonds. The van der Waals surface area contributed by atoms with E-state index in [1.54, 1.807) is 0 Å². The summed E-state index contributed by atoms with van der Waals surface area (Å²) < 4.78 is 0. The molecule has 3 N–H and O–H groups in total. The largest absolute Gasteiger partial charge is 0.478 e. The van der Waals surface area contributed by atoms with E-state index in [-0.39, 0.29) is 11.1 Å². The van der Waals surface area contributed by atoms with Gasteiger partial charge in [0.2, 0.25) is 0 Å². The zero-order valence-electron chi connectivity index (χ0n) is 7.32. The van der Waals surface area contributed by atoms with Crippen molar-refractivity contribution in [1.82, 2.24) is 0 Å². The summed E-state index contributed by atoms with van der Waals surface area (Å²) in [5.41, 5.74) is 0.167. The smallest absolute Gasteiger partial charge is 0.335 e. The second kappa shape index (κ2) is 6.08. The van der Waals surface area contributed by atoms with Crippen molar-refractivity contribution < 1.29 is 25.0 Å². The molecule has 1 rings (SSSR count). The second-order valence-corrected chi connectivity index (χ2v) is 2.27. The van der Waals surface area contributed by atoms with Gasteiger partial charge in [0.25, 0.3) is 0 Å². The molecular formula is C8H7NO6. The van der Waals surface area contributed by atoms with Crippen molar-refractivity contribution in [3.8, 4) is 0 Å². The monoisotopic (exact) mass is 213 g/mol. The van der Waals surface area contributed by atoms with Gasteiger partial charge in [0.05, 0.1) is 11.1 Å². The van der Waals surface area contributed by atoms with Crippen molar-refractivity contribution >= 4 is 11.9 Å². The Hall–Kier alpha value is -2.44. The fraction of sp³-hybridized carbons (Fsp3) is 0. The Bertz CT molecular complexity index is 325. The molecule has 0 radical (unpaired) electrons. The van der Waals surface area contributed by atoms with Crippen LogP contribution in [0.3, 0.4) is 0 Å². The van der Waals surface area contributed by atoms with Crippen molar-refractivity contribution in [3.63, 3.8) is 0 Å². The van der Waals surface area contributed by atoms with Crippen molar-refractivity contribution in [3.05, 3.63) is 40.3 Å². The van der Waals surface area contributed by atoms with Gasteiger partial charge in [0.1, 0.15) is 0 Å². The normalized spacial score (nSPS) is 8.27. The average molecular weight is 213 g/mol. The molecule has 0 aliphatic heterocycles. The Morgan fingerprint density at radius 1 is 0.933 bits per heavy atom. The number of benzene rings is 1. The highest BCUT2D eigenvalue weighted by atomic mass is 16.6. The average Bonchev–Trinajstić information content (AvgIpc) is 2.19. The Morgan fingerprint density at radius 2 is 1.13 bits per heavy atom. The maximum absolute atomic E-state index is 10.3. The van der Waals surface area contributed by atoms with E-state index in [0.29, 0.717) is 0 Å². The number of hydrogen-bond acceptors (Lipinski definition) is 4. The predicted octanol–water partition coefficient (Wildman–Crippen LogP) is 1.22. The van der Waals surface area contributed by atoms with Crippen LogP contribution in [-0.4, -0.2) is 27.4 Å². The van der Waals surface area contributed by atoms with Crippen LogP contribution in [0, 0.1) is 4.91 Å². The first-order chi connectivity index (χ1) is 7.02. The molecule has 7 heteroatoms. The minimum atomic E-state index is -1.06. The molecule has 0 heterocycles. The van der Waals surface area contributed by atoms with E-state index in [4.69, 9.17) is 20.3 Å². The van der Waals surface area contributed by atoms with Gasteiger partial charge in [-0.1, -0.05) is 0 Å². The number of rotatable bonds is 2. The Balaban J connectivity index is 0.000000583.